The van der Waals surface area contributed by atoms with Gasteiger partial charge in [0.2, 0.25) is 0 Å². The molecule has 1 aliphatic carbocycles. The number of nitrogens with zero attached hydrogens (tertiary/aromatic N) is 6. The Morgan fingerprint density at radius 1 is 0.920 bits per heavy atom. The van der Waals surface area contributed by atoms with Crippen LogP contribution in [0.25, 0.3) is 11.2 Å². The van der Waals surface area contributed by atoms with Crippen molar-refractivity contribution < 1.29 is 4.39 Å². The lowest BCUT2D eigenvalue weighted by Crippen LogP contribution is -2.47. The molecule has 0 atom stereocenters. The molecule has 3 aromatic rings. The second-order valence-electron chi connectivity index (χ2n) is 6.68. The first-order chi connectivity index (χ1) is 12.3. The van der Waals surface area contributed by atoms with Crippen LogP contribution >= 0.6 is 0 Å². The zero-order valence-corrected chi connectivity index (χ0v) is 13.8. The van der Waals surface area contributed by atoms with Crippen molar-refractivity contribution in [1.29, 1.82) is 0 Å². The molecule has 3 heterocycles. The molecule has 5 rings (SSSR count). The van der Waals surface area contributed by atoms with Crippen molar-refractivity contribution in [3.8, 4) is 0 Å². The summed E-state index contributed by atoms with van der Waals surface area (Å²) in [6.07, 6.45) is 5.91. The summed E-state index contributed by atoms with van der Waals surface area (Å²) in [5.74, 6) is 0.723. The number of hydrogen-bond acceptors (Lipinski definition) is 5. The molecular formula is C18H19FN6. The van der Waals surface area contributed by atoms with Crippen LogP contribution in [-0.2, 0) is 0 Å². The Kier molecular flexibility index (Phi) is 3.33. The maximum atomic E-state index is 14.0. The van der Waals surface area contributed by atoms with Crippen molar-refractivity contribution in [2.45, 2.75) is 18.9 Å². The van der Waals surface area contributed by atoms with Crippen LogP contribution in [0.4, 0.5) is 15.9 Å². The first-order valence-corrected chi connectivity index (χ1v) is 8.73. The van der Waals surface area contributed by atoms with Gasteiger partial charge in [0.25, 0.3) is 0 Å². The van der Waals surface area contributed by atoms with Gasteiger partial charge in [0.15, 0.2) is 17.0 Å². The Labute approximate surface area is 144 Å². The van der Waals surface area contributed by atoms with Crippen molar-refractivity contribution in [3.05, 3.63) is 42.7 Å². The van der Waals surface area contributed by atoms with Crippen LogP contribution in [0.1, 0.15) is 18.9 Å². The van der Waals surface area contributed by atoms with Gasteiger partial charge in [-0.2, -0.15) is 0 Å². The predicted molar refractivity (Wildman–Crippen MR) is 94.4 cm³/mol. The number of halogens is 1. The molecule has 1 saturated carbocycles. The number of benzene rings is 1. The highest BCUT2D eigenvalue weighted by atomic mass is 19.1. The van der Waals surface area contributed by atoms with E-state index in [0.717, 1.165) is 43.2 Å². The second-order valence-corrected chi connectivity index (χ2v) is 6.68. The van der Waals surface area contributed by atoms with E-state index in [0.29, 0.717) is 11.7 Å². The van der Waals surface area contributed by atoms with Crippen LogP contribution in [0.3, 0.4) is 0 Å². The Hall–Kier alpha value is -2.70. The fraction of sp³-hybridized carbons (Fsp3) is 0.389. The topological polar surface area (TPSA) is 50.1 Å². The van der Waals surface area contributed by atoms with Gasteiger partial charge in [-0.25, -0.2) is 19.3 Å². The summed E-state index contributed by atoms with van der Waals surface area (Å²) in [6.45, 7) is 3.10. The Bertz CT molecular complexity index is 911. The van der Waals surface area contributed by atoms with Crippen molar-refractivity contribution in [2.75, 3.05) is 36.0 Å². The standard InChI is InChI=1S/C18H19FN6/c19-14-3-1-2-4-15(14)23-7-9-24(10-8-23)17-16-18(21-11-20-17)25(12-22-16)13-5-6-13/h1-4,11-13H,5-10H2. The van der Waals surface area contributed by atoms with Crippen molar-refractivity contribution in [1.82, 2.24) is 19.5 Å². The van der Waals surface area contributed by atoms with Crippen LogP contribution in [-0.4, -0.2) is 45.7 Å². The lowest BCUT2D eigenvalue weighted by molar-refractivity contribution is 0.596. The molecule has 1 aliphatic heterocycles. The highest BCUT2D eigenvalue weighted by Crippen LogP contribution is 2.37. The van der Waals surface area contributed by atoms with Crippen LogP contribution in [0, 0.1) is 5.82 Å². The highest BCUT2D eigenvalue weighted by molar-refractivity contribution is 5.83. The van der Waals surface area contributed by atoms with Gasteiger partial charge in [0.05, 0.1) is 12.0 Å². The summed E-state index contributed by atoms with van der Waals surface area (Å²) >= 11 is 0. The normalized spacial score (nSPS) is 18.1. The second kappa shape index (κ2) is 5.68. The number of fused-ring (bicyclic) bond motifs is 1. The molecule has 0 spiro atoms. The van der Waals surface area contributed by atoms with Gasteiger partial charge in [-0.05, 0) is 25.0 Å². The number of para-hydroxylation sites is 1. The van der Waals surface area contributed by atoms with E-state index in [2.05, 4.69) is 29.3 Å². The van der Waals surface area contributed by atoms with E-state index < -0.39 is 0 Å². The third kappa shape index (κ3) is 2.50. The molecule has 0 unspecified atom stereocenters. The van der Waals surface area contributed by atoms with Gasteiger partial charge in [-0.15, -0.1) is 0 Å². The van der Waals surface area contributed by atoms with E-state index in [1.165, 1.54) is 18.9 Å². The van der Waals surface area contributed by atoms with Gasteiger partial charge in [0.1, 0.15) is 12.1 Å². The van der Waals surface area contributed by atoms with Crippen molar-refractivity contribution in [2.24, 2.45) is 0 Å². The molecule has 128 valence electrons. The van der Waals surface area contributed by atoms with E-state index in [1.807, 2.05) is 18.5 Å². The molecular weight excluding hydrogens is 319 g/mol. The van der Waals surface area contributed by atoms with Gasteiger partial charge in [-0.3, -0.25) is 0 Å². The van der Waals surface area contributed by atoms with Crippen LogP contribution in [0.15, 0.2) is 36.9 Å². The fourth-order valence-electron chi connectivity index (χ4n) is 3.56. The third-order valence-electron chi connectivity index (χ3n) is 5.05. The van der Waals surface area contributed by atoms with Gasteiger partial charge < -0.3 is 14.4 Å². The van der Waals surface area contributed by atoms with Crippen molar-refractivity contribution >= 4 is 22.7 Å². The molecule has 7 heteroatoms. The largest absolute Gasteiger partial charge is 0.366 e. The van der Waals surface area contributed by atoms with Crippen LogP contribution < -0.4 is 9.80 Å². The Morgan fingerprint density at radius 3 is 2.44 bits per heavy atom. The number of anilines is 2. The average Bonchev–Trinajstić information content (AvgIpc) is 3.41. The minimum absolute atomic E-state index is 0.163. The third-order valence-corrected chi connectivity index (χ3v) is 5.05. The van der Waals surface area contributed by atoms with Crippen LogP contribution in [0.2, 0.25) is 0 Å². The highest BCUT2D eigenvalue weighted by Gasteiger charge is 2.28. The minimum Gasteiger partial charge on any atom is -0.366 e. The SMILES string of the molecule is Fc1ccccc1N1CCN(c2ncnc3c2ncn3C2CC2)CC1. The number of hydrogen-bond donors (Lipinski definition) is 0. The minimum atomic E-state index is -0.163. The summed E-state index contributed by atoms with van der Waals surface area (Å²) in [4.78, 5) is 17.8. The number of piperazine rings is 1. The number of aromatic nitrogens is 4. The summed E-state index contributed by atoms with van der Waals surface area (Å²) in [7, 11) is 0. The Balaban J connectivity index is 1.39. The number of imidazole rings is 1. The van der Waals surface area contributed by atoms with E-state index in [1.54, 1.807) is 12.4 Å². The Morgan fingerprint density at radius 2 is 1.68 bits per heavy atom. The molecule has 0 N–H and O–H groups in total. The maximum absolute atomic E-state index is 14.0. The number of rotatable bonds is 3. The molecule has 25 heavy (non-hydrogen) atoms. The van der Waals surface area contributed by atoms with E-state index in [9.17, 15) is 4.39 Å². The van der Waals surface area contributed by atoms with Crippen LogP contribution in [0.5, 0.6) is 0 Å². The molecule has 1 saturated heterocycles. The predicted octanol–water partition coefficient (Wildman–Crippen LogP) is 2.63. The summed E-state index contributed by atoms with van der Waals surface area (Å²) < 4.78 is 16.2. The molecule has 2 aromatic heterocycles. The molecule has 2 fully saturated rings. The van der Waals surface area contributed by atoms with Gasteiger partial charge >= 0.3 is 0 Å². The molecule has 0 bridgehead atoms. The zero-order chi connectivity index (χ0) is 16.8. The van der Waals surface area contributed by atoms with E-state index in [4.69, 9.17) is 0 Å². The summed E-state index contributed by atoms with van der Waals surface area (Å²) in [6, 6.07) is 7.50. The summed E-state index contributed by atoms with van der Waals surface area (Å²) in [5, 5.41) is 0. The first kappa shape index (κ1) is 14.6. The maximum Gasteiger partial charge on any atom is 0.165 e. The first-order valence-electron chi connectivity index (χ1n) is 8.73. The van der Waals surface area contributed by atoms with Crippen molar-refractivity contribution in [3.63, 3.8) is 0 Å². The average molecular weight is 338 g/mol. The molecule has 6 nitrogen and oxygen atoms in total. The van der Waals surface area contributed by atoms with Gasteiger partial charge in [-0.1, -0.05) is 12.1 Å². The molecule has 0 radical (unpaired) electrons. The van der Waals surface area contributed by atoms with E-state index in [-0.39, 0.29) is 5.82 Å². The quantitative estimate of drug-likeness (QED) is 0.735. The zero-order valence-electron chi connectivity index (χ0n) is 13.8. The summed E-state index contributed by atoms with van der Waals surface area (Å²) in [5.41, 5.74) is 2.46. The lowest BCUT2D eigenvalue weighted by atomic mass is 10.2. The smallest absolute Gasteiger partial charge is 0.165 e. The van der Waals surface area contributed by atoms with E-state index >= 15 is 0 Å². The van der Waals surface area contributed by atoms with Gasteiger partial charge in [0, 0.05) is 32.2 Å². The molecule has 2 aliphatic rings. The molecule has 0 amide bonds. The monoisotopic (exact) mass is 338 g/mol. The lowest BCUT2D eigenvalue weighted by Gasteiger charge is -2.36. The fourth-order valence-corrected chi connectivity index (χ4v) is 3.56. The molecule has 1 aromatic carbocycles.